The fourth-order valence-electron chi connectivity index (χ4n) is 2.03. The molecule has 2 aromatic rings. The van der Waals surface area contributed by atoms with Gasteiger partial charge in [-0.2, -0.15) is 13.2 Å². The molecule has 126 valence electrons. The number of amides is 2. The van der Waals surface area contributed by atoms with Crippen molar-refractivity contribution in [1.29, 1.82) is 0 Å². The summed E-state index contributed by atoms with van der Waals surface area (Å²) in [5.41, 5.74) is 1.23. The van der Waals surface area contributed by atoms with Crippen molar-refractivity contribution < 1.29 is 22.8 Å². The molecule has 0 aliphatic heterocycles. The van der Waals surface area contributed by atoms with Crippen LogP contribution < -0.4 is 10.6 Å². The van der Waals surface area contributed by atoms with Gasteiger partial charge in [-0.15, -0.1) is 0 Å². The molecule has 0 atom stereocenters. The van der Waals surface area contributed by atoms with E-state index in [1.54, 1.807) is 18.2 Å². The molecular formula is C17H15F3N2O2. The van der Waals surface area contributed by atoms with Crippen LogP contribution in [-0.2, 0) is 22.6 Å². The Bertz CT molecular complexity index is 715. The van der Waals surface area contributed by atoms with Gasteiger partial charge >= 0.3 is 12.1 Å². The van der Waals surface area contributed by atoms with Crippen LogP contribution in [0.15, 0.2) is 54.6 Å². The van der Waals surface area contributed by atoms with Gasteiger partial charge in [0.15, 0.2) is 0 Å². The molecule has 0 aliphatic carbocycles. The van der Waals surface area contributed by atoms with Crippen LogP contribution in [0.3, 0.4) is 0 Å². The molecule has 0 heterocycles. The molecule has 0 spiro atoms. The van der Waals surface area contributed by atoms with Crippen molar-refractivity contribution in [1.82, 2.24) is 5.32 Å². The minimum atomic E-state index is -4.97. The molecule has 0 unspecified atom stereocenters. The Kier molecular flexibility index (Phi) is 5.57. The van der Waals surface area contributed by atoms with Crippen LogP contribution in [0.25, 0.3) is 0 Å². The standard InChI is InChI=1S/C17H15F3N2O2/c18-17(19,20)16(24)22-14-9-5-4-8-13(14)11-21-15(23)10-12-6-2-1-3-7-12/h1-9H,10-11H2,(H,21,23)(H,22,24). The molecule has 0 aliphatic rings. The van der Waals surface area contributed by atoms with Crippen molar-refractivity contribution in [3.05, 3.63) is 65.7 Å². The molecule has 24 heavy (non-hydrogen) atoms. The number of alkyl halides is 3. The molecule has 0 saturated carbocycles. The zero-order valence-corrected chi connectivity index (χ0v) is 12.6. The first-order chi connectivity index (χ1) is 11.4. The summed E-state index contributed by atoms with van der Waals surface area (Å²) in [6.45, 7) is 0.0139. The molecule has 0 saturated heterocycles. The van der Waals surface area contributed by atoms with Crippen LogP contribution in [0.4, 0.5) is 18.9 Å². The third kappa shape index (κ3) is 5.12. The summed E-state index contributed by atoms with van der Waals surface area (Å²) < 4.78 is 37.0. The molecule has 0 bridgehead atoms. The third-order valence-electron chi connectivity index (χ3n) is 3.21. The molecule has 0 radical (unpaired) electrons. The van der Waals surface area contributed by atoms with Crippen LogP contribution >= 0.6 is 0 Å². The van der Waals surface area contributed by atoms with Gasteiger partial charge in [0.25, 0.3) is 0 Å². The van der Waals surface area contributed by atoms with Crippen LogP contribution in [0.2, 0.25) is 0 Å². The molecule has 2 aromatic carbocycles. The van der Waals surface area contributed by atoms with Gasteiger partial charge in [0, 0.05) is 12.2 Å². The number of anilines is 1. The normalized spacial score (nSPS) is 11.0. The first-order valence-corrected chi connectivity index (χ1v) is 7.13. The quantitative estimate of drug-likeness (QED) is 0.882. The van der Waals surface area contributed by atoms with Crippen molar-refractivity contribution in [2.24, 2.45) is 0 Å². The largest absolute Gasteiger partial charge is 0.471 e. The number of para-hydroxylation sites is 1. The van der Waals surface area contributed by atoms with E-state index in [2.05, 4.69) is 5.32 Å². The highest BCUT2D eigenvalue weighted by molar-refractivity contribution is 5.95. The summed E-state index contributed by atoms with van der Waals surface area (Å²) in [7, 11) is 0. The van der Waals surface area contributed by atoms with Gasteiger partial charge in [-0.25, -0.2) is 0 Å². The Morgan fingerprint density at radius 1 is 0.917 bits per heavy atom. The van der Waals surface area contributed by atoms with Gasteiger partial charge in [-0.1, -0.05) is 48.5 Å². The highest BCUT2D eigenvalue weighted by Gasteiger charge is 2.38. The first kappa shape index (κ1) is 17.5. The summed E-state index contributed by atoms with van der Waals surface area (Å²) in [6, 6.07) is 15.1. The lowest BCUT2D eigenvalue weighted by molar-refractivity contribution is -0.167. The maximum absolute atomic E-state index is 12.3. The average molecular weight is 336 g/mol. The second-order valence-electron chi connectivity index (χ2n) is 5.05. The van der Waals surface area contributed by atoms with E-state index >= 15 is 0 Å². The van der Waals surface area contributed by atoms with Crippen molar-refractivity contribution >= 4 is 17.5 Å². The SMILES string of the molecule is O=C(Cc1ccccc1)NCc1ccccc1NC(=O)C(F)(F)F. The number of benzene rings is 2. The highest BCUT2D eigenvalue weighted by atomic mass is 19.4. The number of halogens is 3. The first-order valence-electron chi connectivity index (χ1n) is 7.13. The van der Waals surface area contributed by atoms with Crippen molar-refractivity contribution in [2.45, 2.75) is 19.1 Å². The number of carbonyl (C=O) groups is 2. The molecule has 4 nitrogen and oxygen atoms in total. The van der Waals surface area contributed by atoms with E-state index in [0.29, 0.717) is 5.56 Å². The Morgan fingerprint density at radius 3 is 2.21 bits per heavy atom. The van der Waals surface area contributed by atoms with Crippen molar-refractivity contribution in [3.8, 4) is 0 Å². The molecule has 2 amide bonds. The minimum Gasteiger partial charge on any atom is -0.352 e. The monoisotopic (exact) mass is 336 g/mol. The lowest BCUT2D eigenvalue weighted by atomic mass is 10.1. The van der Waals surface area contributed by atoms with Crippen molar-refractivity contribution in [2.75, 3.05) is 5.32 Å². The van der Waals surface area contributed by atoms with Gasteiger partial charge in [-0.3, -0.25) is 9.59 Å². The summed E-state index contributed by atoms with van der Waals surface area (Å²) in [5.74, 6) is -2.32. The Morgan fingerprint density at radius 2 is 1.54 bits per heavy atom. The van der Waals surface area contributed by atoms with Crippen LogP contribution in [0, 0.1) is 0 Å². The second-order valence-corrected chi connectivity index (χ2v) is 5.05. The Labute approximate surface area is 136 Å². The smallest absolute Gasteiger partial charge is 0.352 e. The van der Waals surface area contributed by atoms with Gasteiger partial charge in [0.05, 0.1) is 6.42 Å². The van der Waals surface area contributed by atoms with E-state index < -0.39 is 12.1 Å². The Balaban J connectivity index is 1.97. The Hall–Kier alpha value is -2.83. The number of hydrogen-bond donors (Lipinski definition) is 2. The number of carbonyl (C=O) groups excluding carboxylic acids is 2. The second kappa shape index (κ2) is 7.63. The number of nitrogens with one attached hydrogen (secondary N) is 2. The van der Waals surface area contributed by atoms with Gasteiger partial charge in [0.1, 0.15) is 0 Å². The lowest BCUT2D eigenvalue weighted by Gasteiger charge is -2.13. The molecule has 0 aromatic heterocycles. The fraction of sp³-hybridized carbons (Fsp3) is 0.176. The maximum atomic E-state index is 12.3. The summed E-state index contributed by atoms with van der Waals surface area (Å²) in [5, 5.41) is 4.44. The summed E-state index contributed by atoms with van der Waals surface area (Å²) in [4.78, 5) is 22.9. The zero-order valence-electron chi connectivity index (χ0n) is 12.6. The number of hydrogen-bond acceptors (Lipinski definition) is 2. The van der Waals surface area contributed by atoms with E-state index in [1.165, 1.54) is 18.2 Å². The van der Waals surface area contributed by atoms with Crippen molar-refractivity contribution in [3.63, 3.8) is 0 Å². The third-order valence-corrected chi connectivity index (χ3v) is 3.21. The minimum absolute atomic E-state index is 0.0137. The maximum Gasteiger partial charge on any atom is 0.471 e. The van der Waals surface area contributed by atoms with Crippen LogP contribution in [0.5, 0.6) is 0 Å². The van der Waals surface area contributed by atoms with Gasteiger partial charge in [-0.05, 0) is 17.2 Å². The van der Waals surface area contributed by atoms with Crippen LogP contribution in [-0.4, -0.2) is 18.0 Å². The van der Waals surface area contributed by atoms with E-state index in [1.807, 2.05) is 23.5 Å². The topological polar surface area (TPSA) is 58.2 Å². The van der Waals surface area contributed by atoms with Crippen LogP contribution in [0.1, 0.15) is 11.1 Å². The highest BCUT2D eigenvalue weighted by Crippen LogP contribution is 2.20. The molecule has 0 fully saturated rings. The summed E-state index contributed by atoms with van der Waals surface area (Å²) in [6.07, 6.45) is -4.80. The number of rotatable bonds is 5. The predicted molar refractivity (Wildman–Crippen MR) is 83.1 cm³/mol. The zero-order chi connectivity index (χ0) is 17.6. The lowest BCUT2D eigenvalue weighted by Crippen LogP contribution is -2.31. The molecular weight excluding hydrogens is 321 g/mol. The summed E-state index contributed by atoms with van der Waals surface area (Å²) >= 11 is 0. The molecule has 7 heteroatoms. The fourth-order valence-corrected chi connectivity index (χ4v) is 2.03. The van der Waals surface area contributed by atoms with Gasteiger partial charge < -0.3 is 10.6 Å². The predicted octanol–water partition coefficient (Wildman–Crippen LogP) is 3.05. The van der Waals surface area contributed by atoms with E-state index in [9.17, 15) is 22.8 Å². The average Bonchev–Trinajstić information content (AvgIpc) is 2.54. The molecule has 2 rings (SSSR count). The van der Waals surface area contributed by atoms with E-state index in [4.69, 9.17) is 0 Å². The molecule has 2 N–H and O–H groups in total. The van der Waals surface area contributed by atoms with E-state index in [0.717, 1.165) is 5.56 Å². The van der Waals surface area contributed by atoms with E-state index in [-0.39, 0.29) is 24.6 Å². The van der Waals surface area contributed by atoms with Gasteiger partial charge in [0.2, 0.25) is 5.91 Å².